The van der Waals surface area contributed by atoms with Gasteiger partial charge >= 0.3 is 0 Å². The first-order chi connectivity index (χ1) is 12.9. The van der Waals surface area contributed by atoms with Gasteiger partial charge in [-0.2, -0.15) is 0 Å². The summed E-state index contributed by atoms with van der Waals surface area (Å²) in [6.45, 7) is 6.81. The fraction of sp³-hybridized carbons (Fsp3) is 0.364. The van der Waals surface area contributed by atoms with Gasteiger partial charge in [0.05, 0.1) is 12.9 Å². The van der Waals surface area contributed by atoms with Gasteiger partial charge in [0, 0.05) is 0 Å². The van der Waals surface area contributed by atoms with Crippen LogP contribution >= 0.6 is 0 Å². The van der Waals surface area contributed by atoms with Crippen LogP contribution < -0.4 is 10.4 Å². The van der Waals surface area contributed by atoms with E-state index in [-0.39, 0.29) is 11.6 Å². The minimum absolute atomic E-state index is 0.149. The predicted octanol–water partition coefficient (Wildman–Crippen LogP) is 2.20. The first-order valence-corrected chi connectivity index (χ1v) is 11.2. The lowest BCUT2D eigenvalue weighted by atomic mass is 10.1. The summed E-state index contributed by atoms with van der Waals surface area (Å²) in [6, 6.07) is 20.6. The highest BCUT2D eigenvalue weighted by Crippen LogP contribution is 2.37. The van der Waals surface area contributed by atoms with E-state index in [4.69, 9.17) is 9.16 Å². The van der Waals surface area contributed by atoms with Crippen LogP contribution in [0.2, 0.25) is 5.04 Å². The van der Waals surface area contributed by atoms with E-state index in [0.717, 1.165) is 0 Å². The van der Waals surface area contributed by atoms with Crippen molar-refractivity contribution in [3.05, 3.63) is 73.0 Å². The quantitative estimate of drug-likeness (QED) is 0.776. The summed E-state index contributed by atoms with van der Waals surface area (Å²) < 4.78 is 12.3. The first-order valence-electron chi connectivity index (χ1n) is 9.29. The molecule has 0 radical (unpaired) electrons. The number of hydrogen-bond donors (Lipinski definition) is 2. The van der Waals surface area contributed by atoms with E-state index < -0.39 is 26.6 Å². The fourth-order valence-electron chi connectivity index (χ4n) is 3.75. The average molecular weight is 385 g/mol. The van der Waals surface area contributed by atoms with Crippen molar-refractivity contribution in [3.8, 4) is 0 Å². The molecule has 0 bridgehead atoms. The SMILES string of the molecule is CC(C)(C)[Si](OC[C@@H]1OC=C[C@H](O)[C@H]1O)(c1ccccc1)c1ccccc1. The standard InChI is InChI=1S/C22H28O4Si/c1-22(2,3)27(17-10-6-4-7-11-17,18-12-8-5-9-13-18)26-16-20-21(24)19(23)14-15-25-20/h4-15,19-21,23-24H,16H2,1-3H3/t19-,20-,21+/m0/s1. The zero-order chi connectivity index (χ0) is 19.5. The van der Waals surface area contributed by atoms with Crippen molar-refractivity contribution in [1.29, 1.82) is 0 Å². The molecule has 0 spiro atoms. The molecule has 2 aromatic carbocycles. The summed E-state index contributed by atoms with van der Waals surface area (Å²) in [7, 11) is -2.68. The van der Waals surface area contributed by atoms with Gasteiger partial charge in [-0.05, 0) is 21.5 Å². The first kappa shape index (κ1) is 19.8. The molecular formula is C22H28O4Si. The number of benzene rings is 2. The Kier molecular flexibility index (Phi) is 5.86. The molecule has 3 rings (SSSR count). The molecule has 3 atom stereocenters. The third kappa shape index (κ3) is 3.87. The molecule has 1 aliphatic heterocycles. The number of aliphatic hydroxyl groups is 2. The van der Waals surface area contributed by atoms with E-state index in [2.05, 4.69) is 45.0 Å². The highest BCUT2D eigenvalue weighted by molar-refractivity contribution is 6.99. The van der Waals surface area contributed by atoms with Crippen molar-refractivity contribution < 1.29 is 19.4 Å². The van der Waals surface area contributed by atoms with Crippen molar-refractivity contribution in [1.82, 2.24) is 0 Å². The summed E-state index contributed by atoms with van der Waals surface area (Å²) in [6.07, 6.45) is 0.340. The molecule has 1 aliphatic rings. The lowest BCUT2D eigenvalue weighted by Gasteiger charge is -2.44. The third-order valence-corrected chi connectivity index (χ3v) is 10.1. The Balaban J connectivity index is 2.03. The van der Waals surface area contributed by atoms with E-state index in [9.17, 15) is 10.2 Å². The topological polar surface area (TPSA) is 58.9 Å². The van der Waals surface area contributed by atoms with Gasteiger partial charge in [-0.1, -0.05) is 81.4 Å². The molecule has 0 aromatic heterocycles. The van der Waals surface area contributed by atoms with Gasteiger partial charge in [0.2, 0.25) is 0 Å². The molecule has 1 heterocycles. The second-order valence-corrected chi connectivity index (χ2v) is 12.3. The van der Waals surface area contributed by atoms with E-state index >= 15 is 0 Å². The van der Waals surface area contributed by atoms with Crippen LogP contribution in [0.4, 0.5) is 0 Å². The fourth-order valence-corrected chi connectivity index (χ4v) is 8.32. The van der Waals surface area contributed by atoms with Crippen LogP contribution in [0.25, 0.3) is 0 Å². The van der Waals surface area contributed by atoms with Crippen LogP contribution in [0.3, 0.4) is 0 Å². The minimum Gasteiger partial charge on any atom is -0.493 e. The smallest absolute Gasteiger partial charge is 0.261 e. The summed E-state index contributed by atoms with van der Waals surface area (Å²) in [5.74, 6) is 0. The Morgan fingerprint density at radius 2 is 1.44 bits per heavy atom. The van der Waals surface area contributed by atoms with Crippen LogP contribution in [-0.2, 0) is 9.16 Å². The summed E-state index contributed by atoms with van der Waals surface area (Å²) in [5.41, 5.74) is 0. The minimum atomic E-state index is -2.68. The molecule has 144 valence electrons. The van der Waals surface area contributed by atoms with Gasteiger partial charge in [-0.25, -0.2) is 0 Å². The second-order valence-electron chi connectivity index (χ2n) is 7.96. The Hall–Kier alpha value is -1.92. The van der Waals surface area contributed by atoms with Crippen molar-refractivity contribution in [2.24, 2.45) is 0 Å². The molecule has 0 aliphatic carbocycles. The lowest BCUT2D eigenvalue weighted by Crippen LogP contribution is -2.67. The highest BCUT2D eigenvalue weighted by Gasteiger charge is 2.50. The van der Waals surface area contributed by atoms with Gasteiger partial charge in [-0.3, -0.25) is 0 Å². The molecule has 2 N–H and O–H groups in total. The maximum atomic E-state index is 10.3. The van der Waals surface area contributed by atoms with Crippen molar-refractivity contribution >= 4 is 18.7 Å². The molecule has 0 saturated carbocycles. The van der Waals surface area contributed by atoms with Crippen molar-refractivity contribution in [2.45, 2.75) is 44.1 Å². The molecular weight excluding hydrogens is 356 g/mol. The van der Waals surface area contributed by atoms with E-state index in [1.54, 1.807) is 0 Å². The van der Waals surface area contributed by atoms with Crippen LogP contribution in [0.1, 0.15) is 20.8 Å². The average Bonchev–Trinajstić information content (AvgIpc) is 2.66. The molecule has 0 fully saturated rings. The van der Waals surface area contributed by atoms with Gasteiger partial charge in [0.1, 0.15) is 18.3 Å². The maximum Gasteiger partial charge on any atom is 0.261 e. The van der Waals surface area contributed by atoms with Crippen molar-refractivity contribution in [2.75, 3.05) is 6.61 Å². The Labute approximate surface area is 162 Å². The van der Waals surface area contributed by atoms with Crippen LogP contribution in [0, 0.1) is 0 Å². The molecule has 4 nitrogen and oxygen atoms in total. The van der Waals surface area contributed by atoms with Crippen LogP contribution in [0.5, 0.6) is 0 Å². The van der Waals surface area contributed by atoms with Crippen molar-refractivity contribution in [3.63, 3.8) is 0 Å². The molecule has 2 aromatic rings. The molecule has 27 heavy (non-hydrogen) atoms. The monoisotopic (exact) mass is 384 g/mol. The lowest BCUT2D eigenvalue weighted by molar-refractivity contribution is -0.0783. The molecule has 0 saturated heterocycles. The Morgan fingerprint density at radius 1 is 0.926 bits per heavy atom. The van der Waals surface area contributed by atoms with E-state index in [1.165, 1.54) is 22.7 Å². The zero-order valence-electron chi connectivity index (χ0n) is 16.1. The van der Waals surface area contributed by atoms with Crippen LogP contribution in [0.15, 0.2) is 73.0 Å². The van der Waals surface area contributed by atoms with Gasteiger partial charge in [0.25, 0.3) is 8.32 Å². The van der Waals surface area contributed by atoms with Gasteiger partial charge in [-0.15, -0.1) is 0 Å². The number of aliphatic hydroxyl groups excluding tert-OH is 2. The number of ether oxygens (including phenoxy) is 1. The number of rotatable bonds is 5. The second kappa shape index (κ2) is 7.98. The van der Waals surface area contributed by atoms with E-state index in [1.807, 2.05) is 36.4 Å². The molecule has 5 heteroatoms. The van der Waals surface area contributed by atoms with Gasteiger partial charge in [0.15, 0.2) is 0 Å². The molecule has 0 unspecified atom stereocenters. The maximum absolute atomic E-state index is 10.3. The van der Waals surface area contributed by atoms with Gasteiger partial charge < -0.3 is 19.4 Å². The Morgan fingerprint density at radius 3 is 1.93 bits per heavy atom. The summed E-state index contributed by atoms with van der Waals surface area (Å²) in [4.78, 5) is 0. The van der Waals surface area contributed by atoms with E-state index in [0.29, 0.717) is 0 Å². The van der Waals surface area contributed by atoms with Crippen LogP contribution in [-0.4, -0.2) is 43.4 Å². The normalized spacial score (nSPS) is 23.1. The zero-order valence-corrected chi connectivity index (χ0v) is 17.1. The highest BCUT2D eigenvalue weighted by atomic mass is 28.4. The molecule has 0 amide bonds. The largest absolute Gasteiger partial charge is 0.493 e. The third-order valence-electron chi connectivity index (χ3n) is 5.14. The summed E-state index contributed by atoms with van der Waals surface area (Å²) in [5, 5.41) is 22.4. The summed E-state index contributed by atoms with van der Waals surface area (Å²) >= 11 is 0. The number of hydrogen-bond acceptors (Lipinski definition) is 4. The predicted molar refractivity (Wildman–Crippen MR) is 110 cm³/mol. The Bertz CT molecular complexity index is 715.